The predicted molar refractivity (Wildman–Crippen MR) is 19.3 cm³/mol. The van der Waals surface area contributed by atoms with Gasteiger partial charge in [-0.1, -0.05) is 0 Å². The minimum atomic E-state index is 0. The largest absolute Gasteiger partial charge is 2.00 e. The van der Waals surface area contributed by atoms with E-state index >= 15 is 0 Å². The minimum Gasteiger partial charge on any atom is -0.870 e. The third-order valence-electron chi connectivity index (χ3n) is 0. The molecule has 0 heterocycles. The van der Waals surface area contributed by atoms with Gasteiger partial charge in [0.25, 0.3) is 0 Å². The van der Waals surface area contributed by atoms with Gasteiger partial charge in [-0.15, -0.1) is 0 Å². The molecule has 7 heavy (non-hydrogen) atoms. The van der Waals surface area contributed by atoms with Crippen LogP contribution in [0.25, 0.3) is 0 Å². The van der Waals surface area contributed by atoms with Gasteiger partial charge in [0.2, 0.25) is 0 Å². The van der Waals surface area contributed by atoms with Crippen molar-refractivity contribution in [3.63, 3.8) is 0 Å². The summed E-state index contributed by atoms with van der Waals surface area (Å²) in [7, 11) is 0. The van der Waals surface area contributed by atoms with Crippen LogP contribution < -0.4 is 0 Å². The molecule has 0 unspecified atom stereocenters. The van der Waals surface area contributed by atoms with Gasteiger partial charge in [0.15, 0.2) is 0 Å². The van der Waals surface area contributed by atoms with E-state index in [1.54, 1.807) is 0 Å². The Kier molecular flexibility index (Phi) is 1530. The first-order valence-electron chi connectivity index (χ1n) is 0. The fourth-order valence-corrected chi connectivity index (χ4v) is 0. The van der Waals surface area contributed by atoms with Crippen LogP contribution in [0.5, 0.6) is 0 Å². The van der Waals surface area contributed by atoms with Crippen LogP contribution in [0, 0.1) is 0 Å². The second kappa shape index (κ2) is 86.0. The normalized spacial score (nSPS) is 0. The second-order valence-electron chi connectivity index (χ2n) is 0. The molecule has 0 aliphatic rings. The van der Waals surface area contributed by atoms with Crippen molar-refractivity contribution in [3.8, 4) is 0 Å². The molecule has 0 rings (SSSR count). The third kappa shape index (κ3) is 63.9. The van der Waals surface area contributed by atoms with Crippen molar-refractivity contribution in [2.24, 2.45) is 0 Å². The van der Waals surface area contributed by atoms with Crippen LogP contribution in [-0.2, 0) is 21.7 Å². The first kappa shape index (κ1) is 125. The number of rotatable bonds is 0. The summed E-state index contributed by atoms with van der Waals surface area (Å²) in [5.41, 5.74) is 0. The van der Waals surface area contributed by atoms with Crippen LogP contribution in [0.2, 0.25) is 0 Å². The molecule has 0 aromatic rings. The SMILES string of the molecule is [Mg+2].[OH-].[OH-].[OH-].[OH-].[Pb].[Ti]. The van der Waals surface area contributed by atoms with Crippen LogP contribution in [0.1, 0.15) is 0 Å². The monoisotopic (exact) mass is 348 g/mol. The van der Waals surface area contributed by atoms with E-state index in [1.807, 2.05) is 0 Å². The Hall–Kier alpha value is 2.24. The molecular formula is H4MgO4PbTi-2. The molecule has 0 aliphatic heterocycles. The molecule has 0 saturated carbocycles. The molecule has 40 valence electrons. The topological polar surface area (TPSA) is 120 Å². The first-order valence-corrected chi connectivity index (χ1v) is 0. The van der Waals surface area contributed by atoms with Gasteiger partial charge >= 0.3 is 23.1 Å². The maximum Gasteiger partial charge on any atom is 2.00 e. The van der Waals surface area contributed by atoms with E-state index in [0.717, 1.165) is 0 Å². The molecule has 0 atom stereocenters. The van der Waals surface area contributed by atoms with E-state index in [2.05, 4.69) is 0 Å². The quantitative estimate of drug-likeness (QED) is 0.497. The van der Waals surface area contributed by atoms with Crippen molar-refractivity contribution in [1.82, 2.24) is 0 Å². The van der Waals surface area contributed by atoms with Crippen molar-refractivity contribution in [3.05, 3.63) is 0 Å². The van der Waals surface area contributed by atoms with E-state index in [0.29, 0.717) is 0 Å². The third-order valence-corrected chi connectivity index (χ3v) is 0. The summed E-state index contributed by atoms with van der Waals surface area (Å²) in [6, 6.07) is 0. The molecule has 4 radical (unpaired) electrons. The molecule has 4 nitrogen and oxygen atoms in total. The molecule has 0 aliphatic carbocycles. The number of hydrogen-bond acceptors (Lipinski definition) is 4. The molecule has 0 saturated heterocycles. The Morgan fingerprint density at radius 2 is 0.571 bits per heavy atom. The zero-order valence-corrected chi connectivity index (χ0v) is 10.4. The van der Waals surface area contributed by atoms with Gasteiger partial charge in [-0.3, -0.25) is 0 Å². The Bertz CT molecular complexity index is 11.7. The minimum absolute atomic E-state index is 0. The van der Waals surface area contributed by atoms with Crippen molar-refractivity contribution in [2.45, 2.75) is 0 Å². The van der Waals surface area contributed by atoms with E-state index in [9.17, 15) is 0 Å². The summed E-state index contributed by atoms with van der Waals surface area (Å²) in [5.74, 6) is 0. The zero-order valence-electron chi connectivity index (χ0n) is 3.50. The van der Waals surface area contributed by atoms with Gasteiger partial charge in [0, 0.05) is 49.0 Å². The molecule has 7 heteroatoms. The summed E-state index contributed by atoms with van der Waals surface area (Å²) >= 11 is 0. The van der Waals surface area contributed by atoms with Gasteiger partial charge in [-0.2, -0.15) is 0 Å². The van der Waals surface area contributed by atoms with Crippen LogP contribution in [0.15, 0.2) is 0 Å². The molecule has 4 N–H and O–H groups in total. The van der Waals surface area contributed by atoms with Crippen molar-refractivity contribution >= 4 is 50.4 Å². The summed E-state index contributed by atoms with van der Waals surface area (Å²) < 4.78 is 0. The smallest absolute Gasteiger partial charge is 0.870 e. The maximum absolute atomic E-state index is 0. The van der Waals surface area contributed by atoms with Gasteiger partial charge in [0.05, 0.1) is 0 Å². The van der Waals surface area contributed by atoms with Crippen LogP contribution in [0.3, 0.4) is 0 Å². The van der Waals surface area contributed by atoms with Crippen LogP contribution in [-0.4, -0.2) is 72.3 Å². The van der Waals surface area contributed by atoms with E-state index < -0.39 is 0 Å². The van der Waals surface area contributed by atoms with Crippen molar-refractivity contribution in [2.75, 3.05) is 0 Å². The van der Waals surface area contributed by atoms with Gasteiger partial charge in [-0.05, 0) is 0 Å². The predicted octanol–water partition coefficient (Wildman–Crippen LogP) is -1.47. The standard InChI is InChI=1S/Mg.4H2O.Pb.Ti/h;4*1H2;;/q+2;;;;;;/p-4. The zero-order chi connectivity index (χ0) is 0. The molecule has 0 bridgehead atoms. The van der Waals surface area contributed by atoms with Crippen LogP contribution >= 0.6 is 0 Å². The molecule has 0 spiro atoms. The summed E-state index contributed by atoms with van der Waals surface area (Å²) in [4.78, 5) is 0. The Labute approximate surface area is 92.9 Å². The van der Waals surface area contributed by atoms with Crippen molar-refractivity contribution in [1.29, 1.82) is 0 Å². The van der Waals surface area contributed by atoms with Crippen molar-refractivity contribution < 1.29 is 43.6 Å². The fraction of sp³-hybridized carbons (Fsp3) is 0. The summed E-state index contributed by atoms with van der Waals surface area (Å²) in [6.45, 7) is 0. The average molecular weight is 347 g/mol. The van der Waals surface area contributed by atoms with Gasteiger partial charge in [0.1, 0.15) is 0 Å². The summed E-state index contributed by atoms with van der Waals surface area (Å²) in [6.07, 6.45) is 0. The molecule has 0 fully saturated rings. The molecule has 0 aromatic carbocycles. The summed E-state index contributed by atoms with van der Waals surface area (Å²) in [5, 5.41) is 0. The average Bonchev–Trinajstić information content (AvgIpc) is 0. The Balaban J connectivity index is 0. The van der Waals surface area contributed by atoms with E-state index in [1.165, 1.54) is 0 Å². The van der Waals surface area contributed by atoms with Crippen LogP contribution in [0.4, 0.5) is 0 Å². The van der Waals surface area contributed by atoms with E-state index in [-0.39, 0.29) is 94.0 Å². The molecule has 0 aromatic heterocycles. The fourth-order valence-electron chi connectivity index (χ4n) is 0. The first-order chi connectivity index (χ1) is 0. The Morgan fingerprint density at radius 1 is 0.571 bits per heavy atom. The van der Waals surface area contributed by atoms with E-state index in [4.69, 9.17) is 0 Å². The molecular weight excluding hydrogens is 343 g/mol. The van der Waals surface area contributed by atoms with Gasteiger partial charge < -0.3 is 21.9 Å². The second-order valence-corrected chi connectivity index (χ2v) is 0. The number of hydrogen-bond donors (Lipinski definition) is 0. The van der Waals surface area contributed by atoms with Gasteiger partial charge in [-0.25, -0.2) is 0 Å². The Morgan fingerprint density at radius 3 is 0.571 bits per heavy atom. The molecule has 0 amide bonds. The maximum atomic E-state index is 0.